The summed E-state index contributed by atoms with van der Waals surface area (Å²) in [6.45, 7) is 0. The number of aliphatic hydroxyl groups is 1. The highest BCUT2D eigenvalue weighted by molar-refractivity contribution is 5.94. The minimum Gasteiger partial charge on any atom is -0.387 e. The number of rotatable bonds is 6. The van der Waals surface area contributed by atoms with E-state index in [0.29, 0.717) is 30.4 Å². The molecule has 1 amide bonds. The Kier molecular flexibility index (Phi) is 6.07. The van der Waals surface area contributed by atoms with Crippen LogP contribution in [-0.4, -0.2) is 32.6 Å². The second-order valence-corrected chi connectivity index (χ2v) is 8.92. The summed E-state index contributed by atoms with van der Waals surface area (Å²) in [6, 6.07) is 18.9. The molecule has 7 nitrogen and oxygen atoms in total. The molecule has 33 heavy (non-hydrogen) atoms. The zero-order valence-corrected chi connectivity index (χ0v) is 18.4. The smallest absolute Gasteiger partial charge is 0.254 e. The summed E-state index contributed by atoms with van der Waals surface area (Å²) < 4.78 is 1.50. The van der Waals surface area contributed by atoms with E-state index >= 15 is 0 Å². The normalized spacial score (nSPS) is 22.6. The van der Waals surface area contributed by atoms with Crippen LogP contribution >= 0.6 is 0 Å². The maximum absolute atomic E-state index is 12.8. The van der Waals surface area contributed by atoms with Gasteiger partial charge < -0.3 is 15.7 Å². The maximum atomic E-state index is 12.8. The third-order valence-corrected chi connectivity index (χ3v) is 6.71. The van der Waals surface area contributed by atoms with Gasteiger partial charge >= 0.3 is 0 Å². The molecule has 170 valence electrons. The number of benzene rings is 2. The highest BCUT2D eigenvalue weighted by atomic mass is 16.3. The van der Waals surface area contributed by atoms with Crippen molar-refractivity contribution < 1.29 is 9.90 Å². The molecule has 5 rings (SSSR count). The summed E-state index contributed by atoms with van der Waals surface area (Å²) in [5, 5.41) is 17.2. The molecule has 1 saturated heterocycles. The Morgan fingerprint density at radius 2 is 1.88 bits per heavy atom. The monoisotopic (exact) mass is 444 g/mol. The van der Waals surface area contributed by atoms with E-state index in [9.17, 15) is 14.7 Å². The zero-order chi connectivity index (χ0) is 22.8. The van der Waals surface area contributed by atoms with Crippen LogP contribution in [0.1, 0.15) is 48.4 Å². The van der Waals surface area contributed by atoms with E-state index < -0.39 is 12.1 Å². The summed E-state index contributed by atoms with van der Waals surface area (Å²) in [6.07, 6.45) is 5.02. The average molecular weight is 445 g/mol. The van der Waals surface area contributed by atoms with E-state index in [4.69, 9.17) is 0 Å². The number of anilines is 1. The molecular formula is C26H28N4O3. The zero-order valence-electron chi connectivity index (χ0n) is 18.4. The third kappa shape index (κ3) is 4.60. The standard InChI is InChI=1S/C26H28N4O3/c31-24-14-15-27-23-13-12-22(30(23)24)26(33)29-19-8-6-17(7-9-19)16-20-10-11-21(28-20)25(32)18-4-2-1-3-5-18/h1-9,14-15,20-22,25,28,32H,10-13,16H2,(H,29,33)/t20-,21+,22-,25-/m1/s1. The second-order valence-electron chi connectivity index (χ2n) is 8.92. The summed E-state index contributed by atoms with van der Waals surface area (Å²) in [5.41, 5.74) is 2.64. The second kappa shape index (κ2) is 9.29. The van der Waals surface area contributed by atoms with E-state index in [1.165, 1.54) is 22.4 Å². The molecule has 1 fully saturated rings. The van der Waals surface area contributed by atoms with Gasteiger partial charge in [-0.2, -0.15) is 0 Å². The first-order valence-electron chi connectivity index (χ1n) is 11.5. The van der Waals surface area contributed by atoms with Crippen molar-refractivity contribution in [3.63, 3.8) is 0 Å². The van der Waals surface area contributed by atoms with Crippen LogP contribution in [0, 0.1) is 0 Å². The third-order valence-electron chi connectivity index (χ3n) is 6.71. The van der Waals surface area contributed by atoms with Gasteiger partial charge in [0.15, 0.2) is 0 Å². The fourth-order valence-electron chi connectivity index (χ4n) is 5.00. The van der Waals surface area contributed by atoms with Crippen LogP contribution in [0.2, 0.25) is 0 Å². The fraction of sp³-hybridized carbons (Fsp3) is 0.346. The van der Waals surface area contributed by atoms with Crippen LogP contribution in [0.25, 0.3) is 0 Å². The summed E-state index contributed by atoms with van der Waals surface area (Å²) in [4.78, 5) is 29.1. The Morgan fingerprint density at radius 1 is 1.09 bits per heavy atom. The van der Waals surface area contributed by atoms with Gasteiger partial charge in [0.05, 0.1) is 6.10 Å². The van der Waals surface area contributed by atoms with E-state index in [0.717, 1.165) is 24.8 Å². The van der Waals surface area contributed by atoms with Gasteiger partial charge in [0.1, 0.15) is 11.9 Å². The van der Waals surface area contributed by atoms with Crippen molar-refractivity contribution in [2.45, 2.75) is 56.3 Å². The number of aryl methyl sites for hydroxylation is 1. The number of hydrogen-bond donors (Lipinski definition) is 3. The summed E-state index contributed by atoms with van der Waals surface area (Å²) in [7, 11) is 0. The lowest BCUT2D eigenvalue weighted by atomic mass is 10.0. The van der Waals surface area contributed by atoms with Crippen LogP contribution < -0.4 is 16.2 Å². The Labute approximate surface area is 192 Å². The fourth-order valence-corrected chi connectivity index (χ4v) is 5.00. The van der Waals surface area contributed by atoms with Gasteiger partial charge in [-0.3, -0.25) is 14.2 Å². The van der Waals surface area contributed by atoms with Crippen LogP contribution in [0.3, 0.4) is 0 Å². The lowest BCUT2D eigenvalue weighted by molar-refractivity contribution is -0.119. The molecular weight excluding hydrogens is 416 g/mol. The number of aromatic nitrogens is 2. The predicted molar refractivity (Wildman–Crippen MR) is 126 cm³/mol. The van der Waals surface area contributed by atoms with Crippen LogP contribution in [0.5, 0.6) is 0 Å². The molecule has 0 aliphatic carbocycles. The molecule has 0 saturated carbocycles. The van der Waals surface area contributed by atoms with Crippen molar-refractivity contribution in [3.8, 4) is 0 Å². The topological polar surface area (TPSA) is 96.2 Å². The predicted octanol–water partition coefficient (Wildman–Crippen LogP) is 2.77. The van der Waals surface area contributed by atoms with Crippen molar-refractivity contribution >= 4 is 11.6 Å². The molecule has 2 aromatic carbocycles. The van der Waals surface area contributed by atoms with E-state index in [1.54, 1.807) is 0 Å². The number of amides is 1. The number of nitrogens with zero attached hydrogens (tertiary/aromatic N) is 2. The van der Waals surface area contributed by atoms with Crippen molar-refractivity contribution in [2.24, 2.45) is 0 Å². The number of hydrogen-bond acceptors (Lipinski definition) is 5. The number of carbonyl (C=O) groups excluding carboxylic acids is 1. The molecule has 0 radical (unpaired) electrons. The lowest BCUT2D eigenvalue weighted by Gasteiger charge is -2.20. The van der Waals surface area contributed by atoms with E-state index in [-0.39, 0.29) is 17.5 Å². The maximum Gasteiger partial charge on any atom is 0.254 e. The Bertz CT molecular complexity index is 1180. The Morgan fingerprint density at radius 3 is 2.67 bits per heavy atom. The molecule has 3 aromatic rings. The average Bonchev–Trinajstić information content (AvgIpc) is 3.49. The van der Waals surface area contributed by atoms with Gasteiger partial charge in [-0.15, -0.1) is 0 Å². The Hall–Kier alpha value is -3.29. The van der Waals surface area contributed by atoms with Crippen molar-refractivity contribution in [1.82, 2.24) is 14.9 Å². The number of nitrogens with one attached hydrogen (secondary N) is 2. The molecule has 2 aliphatic rings. The van der Waals surface area contributed by atoms with Crippen LogP contribution in [-0.2, 0) is 17.6 Å². The van der Waals surface area contributed by atoms with Crippen molar-refractivity contribution in [1.29, 1.82) is 0 Å². The molecule has 4 atom stereocenters. The molecule has 7 heteroatoms. The van der Waals surface area contributed by atoms with Crippen LogP contribution in [0.4, 0.5) is 5.69 Å². The van der Waals surface area contributed by atoms with Crippen molar-refractivity contribution in [2.75, 3.05) is 5.32 Å². The molecule has 0 spiro atoms. The van der Waals surface area contributed by atoms with Gasteiger partial charge in [0.2, 0.25) is 5.91 Å². The first kappa shape index (κ1) is 21.6. The van der Waals surface area contributed by atoms with Gasteiger partial charge in [0.25, 0.3) is 5.56 Å². The SMILES string of the molecule is O=C(Nc1ccc(C[C@H]2CC[C@@H]([C@H](O)c3ccccc3)N2)cc1)[C@H]1CCc2nccc(=O)n21. The summed E-state index contributed by atoms with van der Waals surface area (Å²) in [5.74, 6) is 0.476. The molecule has 0 unspecified atom stereocenters. The highest BCUT2D eigenvalue weighted by Crippen LogP contribution is 2.27. The summed E-state index contributed by atoms with van der Waals surface area (Å²) >= 11 is 0. The van der Waals surface area contributed by atoms with Crippen molar-refractivity contribution in [3.05, 3.63) is 94.2 Å². The van der Waals surface area contributed by atoms with Gasteiger partial charge in [-0.25, -0.2) is 4.98 Å². The molecule has 3 N–H and O–H groups in total. The first-order chi connectivity index (χ1) is 16.1. The quantitative estimate of drug-likeness (QED) is 0.543. The van der Waals surface area contributed by atoms with E-state index in [1.807, 2.05) is 54.6 Å². The van der Waals surface area contributed by atoms with Crippen LogP contribution in [0.15, 0.2) is 71.7 Å². The first-order valence-corrected chi connectivity index (χ1v) is 11.5. The number of fused-ring (bicyclic) bond motifs is 1. The Balaban J connectivity index is 1.17. The molecule has 3 heterocycles. The van der Waals surface area contributed by atoms with Gasteiger partial charge in [-0.05, 0) is 48.9 Å². The van der Waals surface area contributed by atoms with Gasteiger partial charge in [-0.1, -0.05) is 42.5 Å². The lowest BCUT2D eigenvalue weighted by Crippen LogP contribution is -2.35. The molecule has 0 bridgehead atoms. The van der Waals surface area contributed by atoms with Gasteiger partial charge in [0, 0.05) is 36.5 Å². The highest BCUT2D eigenvalue weighted by Gasteiger charge is 2.31. The molecule has 2 aliphatic heterocycles. The minimum absolute atomic E-state index is 0.0585. The van der Waals surface area contributed by atoms with E-state index in [2.05, 4.69) is 15.6 Å². The number of aliphatic hydroxyl groups excluding tert-OH is 1. The molecule has 1 aromatic heterocycles. The minimum atomic E-state index is -0.517. The number of carbonyl (C=O) groups is 1. The largest absolute Gasteiger partial charge is 0.387 e.